The Labute approximate surface area is 95.5 Å². The minimum Gasteiger partial charge on any atom is -0.508 e. The molecular weight excluding hydrogens is 209 g/mol. The van der Waals surface area contributed by atoms with Crippen LogP contribution in [0, 0.1) is 5.82 Å². The van der Waals surface area contributed by atoms with Gasteiger partial charge in [0.15, 0.2) is 0 Å². The van der Waals surface area contributed by atoms with Crippen molar-refractivity contribution in [2.24, 2.45) is 0 Å². The van der Waals surface area contributed by atoms with E-state index in [1.807, 2.05) is 18.9 Å². The van der Waals surface area contributed by atoms with Gasteiger partial charge in [-0.25, -0.2) is 4.39 Å². The molecule has 0 aliphatic carbocycles. The fourth-order valence-corrected chi connectivity index (χ4v) is 1.42. The Bertz CT molecular complexity index is 331. The summed E-state index contributed by atoms with van der Waals surface area (Å²) in [5, 5.41) is 9.53. The highest BCUT2D eigenvalue weighted by molar-refractivity contribution is 5.32. The van der Waals surface area contributed by atoms with Gasteiger partial charge in [0.25, 0.3) is 0 Å². The van der Waals surface area contributed by atoms with Crippen LogP contribution < -0.4 is 0 Å². The molecule has 0 aliphatic heterocycles. The molecule has 16 heavy (non-hydrogen) atoms. The van der Waals surface area contributed by atoms with Crippen LogP contribution in [-0.2, 0) is 11.3 Å². The van der Waals surface area contributed by atoms with Crippen LogP contribution in [-0.4, -0.2) is 36.8 Å². The van der Waals surface area contributed by atoms with Crippen molar-refractivity contribution >= 4 is 0 Å². The summed E-state index contributed by atoms with van der Waals surface area (Å²) in [6.07, 6.45) is 0. The van der Waals surface area contributed by atoms with Crippen molar-refractivity contribution in [2.45, 2.75) is 13.5 Å². The van der Waals surface area contributed by atoms with Crippen LogP contribution >= 0.6 is 0 Å². The van der Waals surface area contributed by atoms with Gasteiger partial charge in [0.05, 0.1) is 6.61 Å². The van der Waals surface area contributed by atoms with Gasteiger partial charge in [0, 0.05) is 25.3 Å². The lowest BCUT2D eigenvalue weighted by Crippen LogP contribution is -2.22. The monoisotopic (exact) mass is 227 g/mol. The average Bonchev–Trinajstić information content (AvgIpc) is 2.24. The summed E-state index contributed by atoms with van der Waals surface area (Å²) in [6.45, 7) is 4.54. The second kappa shape index (κ2) is 6.45. The van der Waals surface area contributed by atoms with Gasteiger partial charge in [0.2, 0.25) is 0 Å². The van der Waals surface area contributed by atoms with Crippen molar-refractivity contribution < 1.29 is 14.2 Å². The van der Waals surface area contributed by atoms with Crippen LogP contribution in [0.2, 0.25) is 0 Å². The number of aromatic hydroxyl groups is 1. The quantitative estimate of drug-likeness (QED) is 0.754. The molecule has 0 atom stereocenters. The molecule has 0 saturated carbocycles. The first-order valence-corrected chi connectivity index (χ1v) is 5.37. The Morgan fingerprint density at radius 3 is 2.88 bits per heavy atom. The van der Waals surface area contributed by atoms with E-state index in [4.69, 9.17) is 4.74 Å². The summed E-state index contributed by atoms with van der Waals surface area (Å²) in [5.74, 6) is -0.198. The van der Waals surface area contributed by atoms with Crippen LogP contribution in [0.5, 0.6) is 5.75 Å². The zero-order chi connectivity index (χ0) is 12.0. The number of nitrogens with zero attached hydrogens (tertiary/aromatic N) is 1. The highest BCUT2D eigenvalue weighted by Crippen LogP contribution is 2.18. The number of likely N-dealkylation sites (N-methyl/N-ethyl adjacent to an activating group) is 1. The highest BCUT2D eigenvalue weighted by Gasteiger charge is 2.06. The van der Waals surface area contributed by atoms with Crippen molar-refractivity contribution in [1.82, 2.24) is 4.90 Å². The fraction of sp³-hybridized carbons (Fsp3) is 0.500. The maximum Gasteiger partial charge on any atom is 0.123 e. The highest BCUT2D eigenvalue weighted by atomic mass is 19.1. The van der Waals surface area contributed by atoms with Crippen molar-refractivity contribution in [3.8, 4) is 5.75 Å². The fourth-order valence-electron chi connectivity index (χ4n) is 1.42. The third-order valence-corrected chi connectivity index (χ3v) is 2.30. The maximum atomic E-state index is 12.9. The first-order chi connectivity index (χ1) is 7.63. The number of benzene rings is 1. The molecule has 0 saturated heterocycles. The first-order valence-electron chi connectivity index (χ1n) is 5.37. The van der Waals surface area contributed by atoms with Crippen LogP contribution in [0.25, 0.3) is 0 Å². The van der Waals surface area contributed by atoms with E-state index in [0.717, 1.165) is 6.54 Å². The topological polar surface area (TPSA) is 32.7 Å². The van der Waals surface area contributed by atoms with Crippen molar-refractivity contribution in [2.75, 3.05) is 26.8 Å². The van der Waals surface area contributed by atoms with Crippen LogP contribution in [0.4, 0.5) is 4.39 Å². The molecule has 1 N–H and O–H groups in total. The molecule has 0 bridgehead atoms. The van der Waals surface area contributed by atoms with E-state index < -0.39 is 0 Å². The molecule has 0 fully saturated rings. The Morgan fingerprint density at radius 2 is 2.19 bits per heavy atom. The molecule has 0 aromatic heterocycles. The molecule has 0 aliphatic rings. The van der Waals surface area contributed by atoms with Gasteiger partial charge in [-0.05, 0) is 32.2 Å². The van der Waals surface area contributed by atoms with Crippen molar-refractivity contribution in [3.63, 3.8) is 0 Å². The normalized spacial score (nSPS) is 11.0. The largest absolute Gasteiger partial charge is 0.508 e. The minimum absolute atomic E-state index is 0.129. The van der Waals surface area contributed by atoms with Crippen molar-refractivity contribution in [1.29, 1.82) is 0 Å². The SMILES string of the molecule is CCOCCN(C)Cc1cc(F)ccc1O. The molecule has 1 rings (SSSR count). The van der Waals surface area contributed by atoms with Gasteiger partial charge in [-0.1, -0.05) is 0 Å². The van der Waals surface area contributed by atoms with E-state index >= 15 is 0 Å². The lowest BCUT2D eigenvalue weighted by Gasteiger charge is -2.17. The predicted molar refractivity (Wildman–Crippen MR) is 60.9 cm³/mol. The summed E-state index contributed by atoms with van der Waals surface area (Å²) in [5.41, 5.74) is 0.596. The summed E-state index contributed by atoms with van der Waals surface area (Å²) in [7, 11) is 1.91. The minimum atomic E-state index is -0.328. The molecule has 0 radical (unpaired) electrons. The standard InChI is InChI=1S/C12H18FNO2/c1-3-16-7-6-14(2)9-10-8-11(13)4-5-12(10)15/h4-5,8,15H,3,6-7,9H2,1-2H3. The molecule has 1 aromatic rings. The molecule has 1 aromatic carbocycles. The maximum absolute atomic E-state index is 12.9. The predicted octanol–water partition coefficient (Wildman–Crippen LogP) is 2.00. The Balaban J connectivity index is 2.48. The number of halogens is 1. The number of phenols is 1. The second-order valence-corrected chi connectivity index (χ2v) is 3.71. The van der Waals surface area contributed by atoms with E-state index in [9.17, 15) is 9.50 Å². The van der Waals surface area contributed by atoms with Crippen LogP contribution in [0.3, 0.4) is 0 Å². The van der Waals surface area contributed by atoms with E-state index in [1.54, 1.807) is 0 Å². The number of rotatable bonds is 6. The Hall–Kier alpha value is -1.13. The third kappa shape index (κ3) is 4.16. The average molecular weight is 227 g/mol. The lowest BCUT2D eigenvalue weighted by atomic mass is 10.2. The Morgan fingerprint density at radius 1 is 1.44 bits per heavy atom. The van der Waals surface area contributed by atoms with Gasteiger partial charge in [-0.2, -0.15) is 0 Å². The molecular formula is C12H18FNO2. The number of hydrogen-bond donors (Lipinski definition) is 1. The molecule has 0 spiro atoms. The molecule has 90 valence electrons. The summed E-state index contributed by atoms with van der Waals surface area (Å²) < 4.78 is 18.2. The molecule has 0 heterocycles. The number of hydrogen-bond acceptors (Lipinski definition) is 3. The Kier molecular flexibility index (Phi) is 5.22. The summed E-state index contributed by atoms with van der Waals surface area (Å²) in [4.78, 5) is 1.98. The van der Waals surface area contributed by atoms with E-state index in [0.29, 0.717) is 25.3 Å². The first kappa shape index (κ1) is 12.9. The molecule has 4 heteroatoms. The van der Waals surface area contributed by atoms with Gasteiger partial charge in [-0.3, -0.25) is 4.90 Å². The van der Waals surface area contributed by atoms with E-state index in [-0.39, 0.29) is 11.6 Å². The van der Waals surface area contributed by atoms with Crippen molar-refractivity contribution in [3.05, 3.63) is 29.6 Å². The summed E-state index contributed by atoms with van der Waals surface area (Å²) >= 11 is 0. The van der Waals surface area contributed by atoms with E-state index in [1.165, 1.54) is 18.2 Å². The molecule has 3 nitrogen and oxygen atoms in total. The zero-order valence-corrected chi connectivity index (χ0v) is 9.74. The lowest BCUT2D eigenvalue weighted by molar-refractivity contribution is 0.120. The van der Waals surface area contributed by atoms with Gasteiger partial charge < -0.3 is 9.84 Å². The van der Waals surface area contributed by atoms with Gasteiger partial charge >= 0.3 is 0 Å². The molecule has 0 unspecified atom stereocenters. The molecule has 0 amide bonds. The van der Waals surface area contributed by atoms with Gasteiger partial charge in [0.1, 0.15) is 11.6 Å². The number of phenolic OH excluding ortho intramolecular Hbond substituents is 1. The number of ether oxygens (including phenoxy) is 1. The summed E-state index contributed by atoms with van der Waals surface area (Å²) in [6, 6.07) is 3.98. The van der Waals surface area contributed by atoms with Crippen LogP contribution in [0.1, 0.15) is 12.5 Å². The third-order valence-electron chi connectivity index (χ3n) is 2.30. The smallest absolute Gasteiger partial charge is 0.123 e. The zero-order valence-electron chi connectivity index (χ0n) is 9.74. The van der Waals surface area contributed by atoms with E-state index in [2.05, 4.69) is 0 Å². The van der Waals surface area contributed by atoms with Crippen LogP contribution in [0.15, 0.2) is 18.2 Å². The second-order valence-electron chi connectivity index (χ2n) is 3.71. The van der Waals surface area contributed by atoms with Gasteiger partial charge in [-0.15, -0.1) is 0 Å².